The Labute approximate surface area is 198 Å². The van der Waals surface area contributed by atoms with Gasteiger partial charge in [-0.2, -0.15) is 5.10 Å². The number of aromatic amines is 1. The summed E-state index contributed by atoms with van der Waals surface area (Å²) < 4.78 is 40.2. The maximum atomic E-state index is 13.1. The highest BCUT2D eigenvalue weighted by Gasteiger charge is 2.27. The van der Waals surface area contributed by atoms with Crippen LogP contribution in [0.15, 0.2) is 61.3 Å². The first-order valence-corrected chi connectivity index (χ1v) is 13.3. The minimum absolute atomic E-state index is 0.0317. The summed E-state index contributed by atoms with van der Waals surface area (Å²) in [6.07, 6.45) is 7.12. The number of rotatable bonds is 9. The van der Waals surface area contributed by atoms with Gasteiger partial charge in [-0.3, -0.25) is 0 Å². The Kier molecular flexibility index (Phi) is 6.47. The van der Waals surface area contributed by atoms with Crippen LogP contribution >= 0.6 is 0 Å². The smallest absolute Gasteiger partial charge is 0.154 e. The Morgan fingerprint density at radius 3 is 2.74 bits per heavy atom. The highest BCUT2D eigenvalue weighted by Crippen LogP contribution is 2.24. The summed E-state index contributed by atoms with van der Waals surface area (Å²) in [4.78, 5) is 9.72. The molecule has 9 heteroatoms. The summed E-state index contributed by atoms with van der Waals surface area (Å²) in [5, 5.41) is 5.40. The highest BCUT2D eigenvalue weighted by molar-refractivity contribution is 7.90. The van der Waals surface area contributed by atoms with Gasteiger partial charge in [-0.05, 0) is 66.3 Å². The van der Waals surface area contributed by atoms with Crippen molar-refractivity contribution in [1.82, 2.24) is 24.6 Å². The molecule has 0 radical (unpaired) electrons. The minimum Gasteiger partial charge on any atom is -0.361 e. The van der Waals surface area contributed by atoms with Crippen LogP contribution in [0.1, 0.15) is 23.1 Å². The van der Waals surface area contributed by atoms with E-state index in [0.29, 0.717) is 12.1 Å². The number of nitrogens with one attached hydrogen (secondary N) is 1. The van der Waals surface area contributed by atoms with Crippen LogP contribution in [0, 0.1) is 11.7 Å². The normalized spacial score (nSPS) is 17.0. The molecule has 1 aliphatic heterocycles. The lowest BCUT2D eigenvalue weighted by Gasteiger charge is -2.16. The van der Waals surface area contributed by atoms with E-state index in [9.17, 15) is 12.8 Å². The predicted octanol–water partition coefficient (Wildman–Crippen LogP) is 3.43. The third-order valence-corrected chi connectivity index (χ3v) is 8.25. The zero-order valence-corrected chi connectivity index (χ0v) is 19.7. The Morgan fingerprint density at radius 1 is 1.12 bits per heavy atom. The summed E-state index contributed by atoms with van der Waals surface area (Å²) in [5.74, 6) is -0.0627. The first kappa shape index (κ1) is 22.7. The molecule has 4 aromatic rings. The second-order valence-corrected chi connectivity index (χ2v) is 11.3. The van der Waals surface area contributed by atoms with Gasteiger partial charge in [0.05, 0.1) is 18.1 Å². The van der Waals surface area contributed by atoms with Gasteiger partial charge in [-0.25, -0.2) is 22.5 Å². The van der Waals surface area contributed by atoms with Crippen molar-refractivity contribution in [3.05, 3.63) is 83.8 Å². The maximum absolute atomic E-state index is 13.1. The lowest BCUT2D eigenvalue weighted by molar-refractivity contribution is 0.332. The average molecular weight is 482 g/mol. The van der Waals surface area contributed by atoms with Gasteiger partial charge >= 0.3 is 0 Å². The van der Waals surface area contributed by atoms with Crippen LogP contribution < -0.4 is 0 Å². The Balaban J connectivity index is 1.16. The second-order valence-electron chi connectivity index (χ2n) is 9.17. The van der Waals surface area contributed by atoms with Gasteiger partial charge in [-0.1, -0.05) is 18.2 Å². The first-order valence-electron chi connectivity index (χ1n) is 11.5. The first-order chi connectivity index (χ1) is 16.4. The monoisotopic (exact) mass is 481 g/mol. The van der Waals surface area contributed by atoms with E-state index in [1.807, 2.05) is 4.68 Å². The van der Waals surface area contributed by atoms with Crippen molar-refractivity contribution >= 4 is 20.7 Å². The SMILES string of the molecule is O=S(=O)(Cc1ccc(F)cc1)C[C@@H]1CCN(CCc2c[nH]c3ccc(Cn4cncn4)cc23)C1. The van der Waals surface area contributed by atoms with Gasteiger partial charge in [0.2, 0.25) is 0 Å². The van der Waals surface area contributed by atoms with Crippen molar-refractivity contribution in [2.75, 3.05) is 25.4 Å². The summed E-state index contributed by atoms with van der Waals surface area (Å²) in [6.45, 7) is 3.29. The van der Waals surface area contributed by atoms with Gasteiger partial charge < -0.3 is 9.88 Å². The van der Waals surface area contributed by atoms with E-state index in [2.05, 4.69) is 44.4 Å². The van der Waals surface area contributed by atoms with Crippen LogP contribution in [0.5, 0.6) is 0 Å². The quantitative estimate of drug-likeness (QED) is 0.396. The van der Waals surface area contributed by atoms with Crippen LogP contribution in [-0.2, 0) is 28.6 Å². The number of benzene rings is 2. The molecule has 1 fully saturated rings. The summed E-state index contributed by atoms with van der Waals surface area (Å²) in [5.41, 5.74) is 4.19. The van der Waals surface area contributed by atoms with Crippen molar-refractivity contribution in [3.8, 4) is 0 Å². The Morgan fingerprint density at radius 2 is 1.94 bits per heavy atom. The summed E-state index contributed by atoms with van der Waals surface area (Å²) >= 11 is 0. The number of halogens is 1. The van der Waals surface area contributed by atoms with Crippen molar-refractivity contribution < 1.29 is 12.8 Å². The van der Waals surface area contributed by atoms with E-state index in [1.54, 1.807) is 18.5 Å². The predicted molar refractivity (Wildman–Crippen MR) is 130 cm³/mol. The fourth-order valence-electron chi connectivity index (χ4n) is 4.82. The van der Waals surface area contributed by atoms with E-state index in [-0.39, 0.29) is 23.2 Å². The average Bonchev–Trinajstić information content (AvgIpc) is 3.55. The molecule has 7 nitrogen and oxygen atoms in total. The zero-order valence-electron chi connectivity index (χ0n) is 18.9. The molecule has 0 aliphatic carbocycles. The van der Waals surface area contributed by atoms with Crippen LogP contribution in [0.4, 0.5) is 4.39 Å². The number of hydrogen-bond donors (Lipinski definition) is 1. The van der Waals surface area contributed by atoms with E-state index >= 15 is 0 Å². The Hall–Kier alpha value is -3.04. The van der Waals surface area contributed by atoms with Crippen molar-refractivity contribution in [1.29, 1.82) is 0 Å². The molecule has 5 rings (SSSR count). The Bertz CT molecular complexity index is 1350. The third-order valence-electron chi connectivity index (χ3n) is 6.50. The summed E-state index contributed by atoms with van der Waals surface area (Å²) in [7, 11) is -3.23. The molecule has 2 aromatic carbocycles. The van der Waals surface area contributed by atoms with Crippen LogP contribution in [0.2, 0.25) is 0 Å². The number of hydrogen-bond acceptors (Lipinski definition) is 5. The van der Waals surface area contributed by atoms with E-state index in [1.165, 1.54) is 35.0 Å². The molecule has 0 amide bonds. The molecule has 1 N–H and O–H groups in total. The molecule has 0 bridgehead atoms. The number of H-pyrrole nitrogens is 1. The van der Waals surface area contributed by atoms with Crippen LogP contribution in [0.25, 0.3) is 10.9 Å². The van der Waals surface area contributed by atoms with E-state index < -0.39 is 9.84 Å². The minimum atomic E-state index is -3.23. The van der Waals surface area contributed by atoms with Gasteiger partial charge in [-0.15, -0.1) is 0 Å². The largest absolute Gasteiger partial charge is 0.361 e. The molecular weight excluding hydrogens is 453 g/mol. The van der Waals surface area contributed by atoms with Gasteiger partial charge in [0.25, 0.3) is 0 Å². The standard InChI is InChI=1S/C25H28FN5O2S/c26-23-4-1-19(2-5-23)15-34(32,33)16-21-7-9-30(13-21)10-8-22-12-28-25-6-3-20(11-24(22)25)14-31-18-27-17-29-31/h1-6,11-12,17-18,21,28H,7-10,13-16H2/t21-/m1/s1. The molecule has 0 unspecified atom stereocenters. The molecule has 34 heavy (non-hydrogen) atoms. The third kappa shape index (κ3) is 5.53. The fraction of sp³-hybridized carbons (Fsp3) is 0.360. The molecule has 178 valence electrons. The van der Waals surface area contributed by atoms with Crippen molar-refractivity contribution in [2.24, 2.45) is 5.92 Å². The van der Waals surface area contributed by atoms with Crippen LogP contribution in [0.3, 0.4) is 0 Å². The van der Waals surface area contributed by atoms with Gasteiger partial charge in [0, 0.05) is 30.2 Å². The summed E-state index contributed by atoms with van der Waals surface area (Å²) in [6, 6.07) is 12.1. The number of sulfone groups is 1. The molecule has 3 heterocycles. The number of nitrogens with zero attached hydrogens (tertiary/aromatic N) is 4. The van der Waals surface area contributed by atoms with E-state index in [0.717, 1.165) is 38.0 Å². The molecule has 0 saturated carbocycles. The topological polar surface area (TPSA) is 83.9 Å². The number of fused-ring (bicyclic) bond motifs is 1. The number of aromatic nitrogens is 4. The maximum Gasteiger partial charge on any atom is 0.154 e. The molecule has 1 saturated heterocycles. The molecule has 1 atom stereocenters. The van der Waals surface area contributed by atoms with Gasteiger partial charge in [0.15, 0.2) is 9.84 Å². The lowest BCUT2D eigenvalue weighted by atomic mass is 10.1. The fourth-order valence-corrected chi connectivity index (χ4v) is 6.62. The molecular formula is C25H28FN5O2S. The zero-order chi connectivity index (χ0) is 23.5. The highest BCUT2D eigenvalue weighted by atomic mass is 32.2. The number of likely N-dealkylation sites (tertiary alicyclic amines) is 1. The van der Waals surface area contributed by atoms with Gasteiger partial charge in [0.1, 0.15) is 18.5 Å². The van der Waals surface area contributed by atoms with Crippen molar-refractivity contribution in [3.63, 3.8) is 0 Å². The van der Waals surface area contributed by atoms with E-state index in [4.69, 9.17) is 0 Å². The van der Waals surface area contributed by atoms with Crippen LogP contribution in [-0.4, -0.2) is 58.5 Å². The lowest BCUT2D eigenvalue weighted by Crippen LogP contribution is -2.25. The molecule has 0 spiro atoms. The molecule has 2 aromatic heterocycles. The second kappa shape index (κ2) is 9.68. The molecule has 1 aliphatic rings. The van der Waals surface area contributed by atoms with Crippen molar-refractivity contribution in [2.45, 2.75) is 25.1 Å².